The third kappa shape index (κ3) is 2.30. The second kappa shape index (κ2) is 5.99. The van der Waals surface area contributed by atoms with Crippen molar-refractivity contribution in [3.8, 4) is 0 Å². The number of para-hydroxylation sites is 1. The van der Waals surface area contributed by atoms with E-state index in [1.165, 1.54) is 22.1 Å². The number of carbonyl (C=O) groups is 1. The molecule has 2 heteroatoms. The minimum Gasteiger partial charge on any atom is -0.333 e. The maximum atomic E-state index is 13.0. The number of benzene rings is 3. The van der Waals surface area contributed by atoms with Crippen LogP contribution < -0.4 is 0 Å². The largest absolute Gasteiger partial charge is 0.333 e. The summed E-state index contributed by atoms with van der Waals surface area (Å²) < 4.78 is 2.21. The fourth-order valence-electron chi connectivity index (χ4n) is 4.27. The second-order valence-electron chi connectivity index (χ2n) is 6.94. The van der Waals surface area contributed by atoms with Gasteiger partial charge in [-0.25, -0.2) is 0 Å². The molecule has 0 radical (unpaired) electrons. The molecule has 0 amide bonds. The Hall–Kier alpha value is -3.13. The van der Waals surface area contributed by atoms with Gasteiger partial charge in [0.25, 0.3) is 0 Å². The minimum atomic E-state index is 0.153. The van der Waals surface area contributed by atoms with Crippen molar-refractivity contribution >= 4 is 16.7 Å². The predicted molar refractivity (Wildman–Crippen MR) is 105 cm³/mol. The third-order valence-corrected chi connectivity index (χ3v) is 5.40. The molecule has 0 bridgehead atoms. The molecule has 1 atom stereocenters. The van der Waals surface area contributed by atoms with E-state index in [2.05, 4.69) is 77.4 Å². The lowest BCUT2D eigenvalue weighted by Crippen LogP contribution is -2.07. The maximum Gasteiger partial charge on any atom is 0.180 e. The van der Waals surface area contributed by atoms with Crippen LogP contribution in [0.4, 0.5) is 0 Å². The van der Waals surface area contributed by atoms with Crippen LogP contribution >= 0.6 is 0 Å². The quantitative estimate of drug-likeness (QED) is 0.490. The zero-order chi connectivity index (χ0) is 17.5. The van der Waals surface area contributed by atoms with E-state index in [0.717, 1.165) is 17.8 Å². The van der Waals surface area contributed by atoms with Crippen molar-refractivity contribution < 1.29 is 4.79 Å². The Morgan fingerprint density at radius 3 is 2.23 bits per heavy atom. The van der Waals surface area contributed by atoms with Gasteiger partial charge in [-0.2, -0.15) is 0 Å². The van der Waals surface area contributed by atoms with Crippen LogP contribution in [0.1, 0.15) is 39.5 Å². The molecule has 1 aromatic heterocycles. The molecule has 0 aliphatic heterocycles. The zero-order valence-electron chi connectivity index (χ0n) is 14.4. The van der Waals surface area contributed by atoms with Crippen molar-refractivity contribution in [2.24, 2.45) is 0 Å². The lowest BCUT2D eigenvalue weighted by Gasteiger charge is -2.10. The van der Waals surface area contributed by atoms with Crippen molar-refractivity contribution in [1.82, 2.24) is 4.57 Å². The molecule has 1 aliphatic rings. The highest BCUT2D eigenvalue weighted by molar-refractivity contribution is 6.07. The summed E-state index contributed by atoms with van der Waals surface area (Å²) in [5.74, 6) is 0.404. The van der Waals surface area contributed by atoms with Crippen molar-refractivity contribution in [2.45, 2.75) is 18.9 Å². The summed E-state index contributed by atoms with van der Waals surface area (Å²) in [6.07, 6.45) is 0.564. The molecule has 3 aromatic carbocycles. The van der Waals surface area contributed by atoms with E-state index in [1.54, 1.807) is 0 Å². The number of Topliss-reactive ketones (excluding diaryl/α,β-unsaturated/α-hetero) is 1. The summed E-state index contributed by atoms with van der Waals surface area (Å²) in [7, 11) is 0. The molecule has 26 heavy (non-hydrogen) atoms. The number of hydrogen-bond acceptors (Lipinski definition) is 1. The van der Waals surface area contributed by atoms with Gasteiger partial charge >= 0.3 is 0 Å². The smallest absolute Gasteiger partial charge is 0.180 e. The lowest BCUT2D eigenvalue weighted by atomic mass is 9.92. The van der Waals surface area contributed by atoms with Crippen molar-refractivity contribution in [3.63, 3.8) is 0 Å². The molecule has 0 saturated carbocycles. The Balaban J connectivity index is 1.73. The first-order valence-corrected chi connectivity index (χ1v) is 9.06. The fourth-order valence-corrected chi connectivity index (χ4v) is 4.27. The molecule has 2 nitrogen and oxygen atoms in total. The molecule has 1 heterocycles. The lowest BCUT2D eigenvalue weighted by molar-refractivity contribution is 0.0984. The number of rotatable bonds is 3. The Labute approximate surface area is 152 Å². The monoisotopic (exact) mass is 337 g/mol. The standard InChI is InChI=1S/C24H19NO/c26-22-15-20(18-11-5-2-6-12-18)23-19-13-7-8-14-21(19)25(24(22)23)16-17-9-3-1-4-10-17/h1-14,20H,15-16H2/t20-/m1/s1. The van der Waals surface area contributed by atoms with Crippen LogP contribution in [-0.2, 0) is 6.54 Å². The molecule has 0 unspecified atom stereocenters. The number of nitrogens with zero attached hydrogens (tertiary/aromatic N) is 1. The van der Waals surface area contributed by atoms with Crippen LogP contribution in [0.3, 0.4) is 0 Å². The SMILES string of the molecule is O=C1C[C@H](c2ccccc2)c2c1n(Cc1ccccc1)c1ccccc21. The number of carbonyl (C=O) groups excluding carboxylic acids is 1. The van der Waals surface area contributed by atoms with Crippen LogP contribution in [-0.4, -0.2) is 10.4 Å². The number of hydrogen-bond donors (Lipinski definition) is 0. The molecule has 4 aromatic rings. The summed E-state index contributed by atoms with van der Waals surface area (Å²) in [5.41, 5.74) is 5.68. The highest BCUT2D eigenvalue weighted by Gasteiger charge is 2.36. The van der Waals surface area contributed by atoms with Crippen molar-refractivity contribution in [1.29, 1.82) is 0 Å². The first-order chi connectivity index (χ1) is 12.8. The van der Waals surface area contributed by atoms with Gasteiger partial charge in [-0.3, -0.25) is 4.79 Å². The predicted octanol–water partition coefficient (Wildman–Crippen LogP) is 5.41. The molecule has 0 saturated heterocycles. The normalized spacial score (nSPS) is 16.2. The van der Waals surface area contributed by atoms with E-state index in [0.29, 0.717) is 6.42 Å². The van der Waals surface area contributed by atoms with Gasteiger partial charge in [0.2, 0.25) is 0 Å². The van der Waals surface area contributed by atoms with Crippen LogP contribution in [0, 0.1) is 0 Å². The van der Waals surface area contributed by atoms with Gasteiger partial charge in [0.1, 0.15) is 0 Å². The Morgan fingerprint density at radius 2 is 1.46 bits per heavy atom. The second-order valence-corrected chi connectivity index (χ2v) is 6.94. The molecule has 1 aliphatic carbocycles. The van der Waals surface area contributed by atoms with E-state index >= 15 is 0 Å². The van der Waals surface area contributed by atoms with E-state index < -0.39 is 0 Å². The highest BCUT2D eigenvalue weighted by atomic mass is 16.1. The van der Waals surface area contributed by atoms with Gasteiger partial charge in [0, 0.05) is 29.8 Å². The third-order valence-electron chi connectivity index (χ3n) is 5.40. The fraction of sp³-hybridized carbons (Fsp3) is 0.125. The summed E-state index contributed by atoms with van der Waals surface area (Å²) in [4.78, 5) is 13.0. The molecule has 126 valence electrons. The highest BCUT2D eigenvalue weighted by Crippen LogP contribution is 2.44. The molecular formula is C24H19NO. The summed E-state index contributed by atoms with van der Waals surface area (Å²) in [6, 6.07) is 29.2. The van der Waals surface area contributed by atoms with Crippen molar-refractivity contribution in [2.75, 3.05) is 0 Å². The van der Waals surface area contributed by atoms with E-state index in [4.69, 9.17) is 0 Å². The van der Waals surface area contributed by atoms with Gasteiger partial charge < -0.3 is 4.57 Å². The number of ketones is 1. The topological polar surface area (TPSA) is 22.0 Å². The number of aromatic nitrogens is 1. The van der Waals surface area contributed by atoms with E-state index in [-0.39, 0.29) is 11.7 Å². The van der Waals surface area contributed by atoms with Gasteiger partial charge in [-0.1, -0.05) is 78.9 Å². The zero-order valence-corrected chi connectivity index (χ0v) is 14.4. The van der Waals surface area contributed by atoms with Gasteiger partial charge in [0.15, 0.2) is 5.78 Å². The Kier molecular flexibility index (Phi) is 3.49. The minimum absolute atomic E-state index is 0.153. The summed E-state index contributed by atoms with van der Waals surface area (Å²) >= 11 is 0. The maximum absolute atomic E-state index is 13.0. The van der Waals surface area contributed by atoms with Crippen LogP contribution in [0.15, 0.2) is 84.9 Å². The molecular weight excluding hydrogens is 318 g/mol. The average molecular weight is 337 g/mol. The van der Waals surface area contributed by atoms with Gasteiger partial charge in [-0.05, 0) is 22.8 Å². The summed E-state index contributed by atoms with van der Waals surface area (Å²) in [5, 5.41) is 1.21. The number of fused-ring (bicyclic) bond motifs is 3. The van der Waals surface area contributed by atoms with Gasteiger partial charge in [-0.15, -0.1) is 0 Å². The first kappa shape index (κ1) is 15.2. The molecule has 0 spiro atoms. The van der Waals surface area contributed by atoms with E-state index in [9.17, 15) is 4.79 Å². The van der Waals surface area contributed by atoms with Crippen LogP contribution in [0.25, 0.3) is 10.9 Å². The van der Waals surface area contributed by atoms with Crippen molar-refractivity contribution in [3.05, 3.63) is 107 Å². The Morgan fingerprint density at radius 1 is 0.808 bits per heavy atom. The summed E-state index contributed by atoms with van der Waals surface area (Å²) in [6.45, 7) is 0.726. The molecule has 0 N–H and O–H groups in total. The first-order valence-electron chi connectivity index (χ1n) is 9.06. The van der Waals surface area contributed by atoms with Gasteiger partial charge in [0.05, 0.1) is 5.69 Å². The van der Waals surface area contributed by atoms with Crippen LogP contribution in [0.2, 0.25) is 0 Å². The molecule has 5 rings (SSSR count). The van der Waals surface area contributed by atoms with Crippen LogP contribution in [0.5, 0.6) is 0 Å². The molecule has 0 fully saturated rings. The van der Waals surface area contributed by atoms with E-state index in [1.807, 2.05) is 12.1 Å². The average Bonchev–Trinajstić information content (AvgIpc) is 3.20. The Bertz CT molecular complexity index is 1090.